The molecule has 1 aromatic carbocycles. The molecule has 6 heteroatoms. The first-order valence-electron chi connectivity index (χ1n) is 4.19. The lowest BCUT2D eigenvalue weighted by atomic mass is 9.81. The van der Waals surface area contributed by atoms with Gasteiger partial charge in [-0.25, -0.2) is 8.78 Å². The van der Waals surface area contributed by atoms with Crippen molar-refractivity contribution in [2.45, 2.75) is 0 Å². The summed E-state index contributed by atoms with van der Waals surface area (Å²) >= 11 is 0. The van der Waals surface area contributed by atoms with Crippen molar-refractivity contribution in [3.05, 3.63) is 36.0 Å². The molecule has 2 aromatic rings. The Morgan fingerprint density at radius 3 is 2.40 bits per heavy atom. The van der Waals surface area contributed by atoms with E-state index >= 15 is 0 Å². The zero-order chi connectivity index (χ0) is 11.0. The highest BCUT2D eigenvalue weighted by Crippen LogP contribution is 2.15. The maximum atomic E-state index is 12.9. The number of nitrogens with zero attached hydrogens (tertiary/aromatic N) is 1. The summed E-state index contributed by atoms with van der Waals surface area (Å²) in [6.07, 6.45) is 1.20. The zero-order valence-electron chi connectivity index (χ0n) is 7.48. The second-order valence-corrected chi connectivity index (χ2v) is 3.10. The maximum Gasteiger partial charge on any atom is 0.490 e. The average Bonchev–Trinajstić information content (AvgIpc) is 2.19. The highest BCUT2D eigenvalue weighted by atomic mass is 19.2. The van der Waals surface area contributed by atoms with Crippen molar-refractivity contribution < 1.29 is 18.8 Å². The van der Waals surface area contributed by atoms with Crippen molar-refractivity contribution >= 4 is 23.5 Å². The molecule has 0 spiro atoms. The number of hydrogen-bond acceptors (Lipinski definition) is 3. The van der Waals surface area contributed by atoms with Crippen LogP contribution in [0.4, 0.5) is 8.78 Å². The van der Waals surface area contributed by atoms with E-state index in [-0.39, 0.29) is 11.0 Å². The Bertz CT molecular complexity index is 519. The molecular weight excluding hydrogens is 203 g/mol. The van der Waals surface area contributed by atoms with Gasteiger partial charge in [-0.05, 0) is 6.07 Å². The fourth-order valence-corrected chi connectivity index (χ4v) is 1.28. The molecule has 0 aliphatic heterocycles. The molecule has 15 heavy (non-hydrogen) atoms. The Balaban J connectivity index is 2.66. The highest BCUT2D eigenvalue weighted by Gasteiger charge is 2.13. The van der Waals surface area contributed by atoms with Crippen molar-refractivity contribution in [1.29, 1.82) is 0 Å². The van der Waals surface area contributed by atoms with E-state index in [2.05, 4.69) is 4.98 Å². The molecule has 0 saturated carbocycles. The molecule has 0 aliphatic carbocycles. The number of rotatable bonds is 1. The average molecular weight is 209 g/mol. The summed E-state index contributed by atoms with van der Waals surface area (Å²) in [5, 5.41) is 18.0. The van der Waals surface area contributed by atoms with Crippen LogP contribution in [-0.4, -0.2) is 22.2 Å². The van der Waals surface area contributed by atoms with Gasteiger partial charge < -0.3 is 10.0 Å². The van der Waals surface area contributed by atoms with Crippen LogP contribution in [0.5, 0.6) is 0 Å². The van der Waals surface area contributed by atoms with Gasteiger partial charge in [-0.1, -0.05) is 6.07 Å². The minimum atomic E-state index is -1.67. The second-order valence-electron chi connectivity index (χ2n) is 3.10. The van der Waals surface area contributed by atoms with Crippen LogP contribution >= 0.6 is 0 Å². The summed E-state index contributed by atoms with van der Waals surface area (Å²) in [5.41, 5.74) is 0.395. The van der Waals surface area contributed by atoms with Crippen molar-refractivity contribution in [1.82, 2.24) is 4.98 Å². The minimum absolute atomic E-state index is 0.133. The molecule has 0 aliphatic rings. The third-order valence-electron chi connectivity index (χ3n) is 2.04. The largest absolute Gasteiger partial charge is 0.490 e. The Morgan fingerprint density at radius 1 is 1.07 bits per heavy atom. The Hall–Kier alpha value is -1.53. The van der Waals surface area contributed by atoms with E-state index in [1.165, 1.54) is 12.3 Å². The Labute approximate surface area is 84.1 Å². The molecule has 0 unspecified atom stereocenters. The molecular formula is C9H6BF2NO2. The van der Waals surface area contributed by atoms with Crippen LogP contribution in [-0.2, 0) is 0 Å². The maximum absolute atomic E-state index is 12.9. The third kappa shape index (κ3) is 1.81. The number of pyridine rings is 1. The number of halogens is 2. The molecule has 1 heterocycles. The van der Waals surface area contributed by atoms with Gasteiger partial charge in [0.15, 0.2) is 11.6 Å². The van der Waals surface area contributed by atoms with Crippen LogP contribution in [0.25, 0.3) is 10.9 Å². The van der Waals surface area contributed by atoms with Crippen LogP contribution in [0.3, 0.4) is 0 Å². The summed E-state index contributed by atoms with van der Waals surface area (Å²) in [6, 6.07) is 3.26. The van der Waals surface area contributed by atoms with E-state index in [0.717, 1.165) is 12.1 Å². The predicted octanol–water partition coefficient (Wildman–Crippen LogP) is 0.193. The number of aromatic nitrogens is 1. The summed E-state index contributed by atoms with van der Waals surface area (Å²) in [4.78, 5) is 3.78. The molecule has 0 radical (unpaired) electrons. The standard InChI is InChI=1S/C9H6BF2NO2/c11-7-2-5-1-6(10(14)15)4-13-9(5)3-8(7)12/h1-4,14-15H. The molecule has 2 N–H and O–H groups in total. The molecule has 0 saturated heterocycles. The van der Waals surface area contributed by atoms with Gasteiger partial charge in [0, 0.05) is 23.1 Å². The van der Waals surface area contributed by atoms with Crippen molar-refractivity contribution in [2.75, 3.05) is 0 Å². The van der Waals surface area contributed by atoms with Crippen molar-refractivity contribution in [2.24, 2.45) is 0 Å². The normalized spacial score (nSPS) is 10.7. The van der Waals surface area contributed by atoms with Gasteiger partial charge >= 0.3 is 7.12 Å². The number of fused-ring (bicyclic) bond motifs is 1. The lowest BCUT2D eigenvalue weighted by Gasteiger charge is -2.02. The van der Waals surface area contributed by atoms with E-state index in [1.807, 2.05) is 0 Å². The highest BCUT2D eigenvalue weighted by molar-refractivity contribution is 6.58. The van der Waals surface area contributed by atoms with Gasteiger partial charge in [0.2, 0.25) is 0 Å². The van der Waals surface area contributed by atoms with Crippen LogP contribution in [0.1, 0.15) is 0 Å². The van der Waals surface area contributed by atoms with E-state index < -0.39 is 18.8 Å². The molecule has 76 valence electrons. The van der Waals surface area contributed by atoms with Crippen LogP contribution in [0.15, 0.2) is 24.4 Å². The van der Waals surface area contributed by atoms with Gasteiger partial charge in [0.05, 0.1) is 5.52 Å². The van der Waals surface area contributed by atoms with E-state index in [9.17, 15) is 8.78 Å². The fourth-order valence-electron chi connectivity index (χ4n) is 1.28. The summed E-state index contributed by atoms with van der Waals surface area (Å²) in [6.45, 7) is 0. The lowest BCUT2D eigenvalue weighted by molar-refractivity contribution is 0.425. The lowest BCUT2D eigenvalue weighted by Crippen LogP contribution is -2.30. The summed E-state index contributed by atoms with van der Waals surface area (Å²) in [5.74, 6) is -1.97. The topological polar surface area (TPSA) is 53.4 Å². The van der Waals surface area contributed by atoms with Crippen LogP contribution < -0.4 is 5.46 Å². The minimum Gasteiger partial charge on any atom is -0.423 e. The van der Waals surface area contributed by atoms with Crippen molar-refractivity contribution in [3.63, 3.8) is 0 Å². The van der Waals surface area contributed by atoms with Gasteiger partial charge in [0.1, 0.15) is 0 Å². The van der Waals surface area contributed by atoms with E-state index in [1.54, 1.807) is 0 Å². The number of benzene rings is 1. The quantitative estimate of drug-likeness (QED) is 0.659. The van der Waals surface area contributed by atoms with Gasteiger partial charge in [-0.3, -0.25) is 4.98 Å². The van der Waals surface area contributed by atoms with Crippen molar-refractivity contribution in [3.8, 4) is 0 Å². The summed E-state index contributed by atoms with van der Waals surface area (Å²) < 4.78 is 25.6. The molecule has 1 aromatic heterocycles. The molecule has 3 nitrogen and oxygen atoms in total. The Kier molecular flexibility index (Phi) is 2.38. The predicted molar refractivity (Wildman–Crippen MR) is 51.5 cm³/mol. The first-order valence-corrected chi connectivity index (χ1v) is 4.19. The number of hydrogen-bond donors (Lipinski definition) is 2. The van der Waals surface area contributed by atoms with Gasteiger partial charge in [-0.15, -0.1) is 0 Å². The zero-order valence-corrected chi connectivity index (χ0v) is 7.48. The molecule has 0 bridgehead atoms. The van der Waals surface area contributed by atoms with Crippen LogP contribution in [0, 0.1) is 11.6 Å². The molecule has 0 amide bonds. The first kappa shape index (κ1) is 10.0. The second kappa shape index (κ2) is 3.56. The molecule has 0 atom stereocenters. The monoisotopic (exact) mass is 209 g/mol. The Morgan fingerprint density at radius 2 is 1.73 bits per heavy atom. The molecule has 0 fully saturated rings. The van der Waals surface area contributed by atoms with Gasteiger partial charge in [0.25, 0.3) is 0 Å². The SMILES string of the molecule is OB(O)c1cnc2cc(F)c(F)cc2c1. The van der Waals surface area contributed by atoms with Crippen LogP contribution in [0.2, 0.25) is 0 Å². The third-order valence-corrected chi connectivity index (χ3v) is 2.04. The smallest absolute Gasteiger partial charge is 0.423 e. The molecule has 2 rings (SSSR count). The van der Waals surface area contributed by atoms with E-state index in [4.69, 9.17) is 10.0 Å². The summed E-state index contributed by atoms with van der Waals surface area (Å²) in [7, 11) is -1.67. The van der Waals surface area contributed by atoms with Gasteiger partial charge in [-0.2, -0.15) is 0 Å². The van der Waals surface area contributed by atoms with E-state index in [0.29, 0.717) is 5.39 Å². The first-order chi connectivity index (χ1) is 7.08. The fraction of sp³-hybridized carbons (Fsp3) is 0.